The Balaban J connectivity index is 2.02. The Labute approximate surface area is 171 Å². The lowest BCUT2D eigenvalue weighted by molar-refractivity contribution is -0.122. The molecular formula is C20H25ClN2O4S. The first-order valence-corrected chi connectivity index (χ1v) is 11.2. The number of hydrogen-bond donors (Lipinski definition) is 1. The van der Waals surface area contributed by atoms with Crippen LogP contribution in [0.5, 0.6) is 5.75 Å². The van der Waals surface area contributed by atoms with Crippen molar-refractivity contribution in [1.29, 1.82) is 0 Å². The van der Waals surface area contributed by atoms with Crippen LogP contribution < -0.4 is 14.4 Å². The molecule has 6 nitrogen and oxygen atoms in total. The van der Waals surface area contributed by atoms with Crippen LogP contribution in [0.4, 0.5) is 5.69 Å². The molecule has 2 rings (SSSR count). The second-order valence-electron chi connectivity index (χ2n) is 6.41. The van der Waals surface area contributed by atoms with E-state index < -0.39 is 16.1 Å². The molecule has 1 atom stereocenters. The minimum atomic E-state index is -3.67. The van der Waals surface area contributed by atoms with Crippen LogP contribution in [0.1, 0.15) is 18.9 Å². The molecule has 0 heterocycles. The number of rotatable bonds is 9. The fourth-order valence-electron chi connectivity index (χ4n) is 2.74. The Bertz CT molecular complexity index is 883. The van der Waals surface area contributed by atoms with Crippen molar-refractivity contribution in [2.75, 3.05) is 23.7 Å². The number of amides is 1. The van der Waals surface area contributed by atoms with E-state index in [2.05, 4.69) is 5.32 Å². The van der Waals surface area contributed by atoms with Gasteiger partial charge >= 0.3 is 0 Å². The third-order valence-corrected chi connectivity index (χ3v) is 5.53. The van der Waals surface area contributed by atoms with E-state index in [-0.39, 0.29) is 19.1 Å². The topological polar surface area (TPSA) is 75.7 Å². The molecule has 0 aliphatic carbocycles. The SMILES string of the molecule is CC[C@@H](C(=O)NCCOc1ccc(C)cc1)N(c1ccc(Cl)cc1)S(C)(=O)=O. The average Bonchev–Trinajstić information content (AvgIpc) is 2.64. The van der Waals surface area contributed by atoms with Gasteiger partial charge in [-0.1, -0.05) is 36.2 Å². The summed E-state index contributed by atoms with van der Waals surface area (Å²) >= 11 is 5.89. The number of carbonyl (C=O) groups is 1. The zero-order valence-electron chi connectivity index (χ0n) is 16.2. The van der Waals surface area contributed by atoms with Crippen molar-refractivity contribution < 1.29 is 17.9 Å². The molecule has 0 radical (unpaired) electrons. The highest BCUT2D eigenvalue weighted by Gasteiger charge is 2.31. The van der Waals surface area contributed by atoms with Crippen LogP contribution in [0.15, 0.2) is 48.5 Å². The highest BCUT2D eigenvalue weighted by molar-refractivity contribution is 7.92. The van der Waals surface area contributed by atoms with E-state index in [1.807, 2.05) is 31.2 Å². The number of carbonyl (C=O) groups excluding carboxylic acids is 1. The third kappa shape index (κ3) is 6.14. The quantitative estimate of drug-likeness (QED) is 0.626. The number of ether oxygens (including phenoxy) is 1. The predicted octanol–water partition coefficient (Wildman–Crippen LogP) is 3.39. The van der Waals surface area contributed by atoms with Crippen molar-refractivity contribution in [3.8, 4) is 5.75 Å². The van der Waals surface area contributed by atoms with E-state index in [0.717, 1.165) is 16.1 Å². The maximum atomic E-state index is 12.7. The Morgan fingerprint density at radius 2 is 1.75 bits per heavy atom. The molecule has 152 valence electrons. The van der Waals surface area contributed by atoms with E-state index >= 15 is 0 Å². The number of sulfonamides is 1. The average molecular weight is 425 g/mol. The molecule has 0 saturated carbocycles. The Hall–Kier alpha value is -2.25. The van der Waals surface area contributed by atoms with Crippen LogP contribution >= 0.6 is 11.6 Å². The standard InChI is InChI=1S/C20H25ClN2O4S/c1-4-19(23(28(3,25)26)17-9-7-16(21)8-10-17)20(24)22-13-14-27-18-11-5-15(2)6-12-18/h5-12,19H,4,13-14H2,1-3H3,(H,22,24)/t19-/m0/s1. The van der Waals surface area contributed by atoms with Crippen molar-refractivity contribution in [3.05, 3.63) is 59.1 Å². The molecule has 0 fully saturated rings. The van der Waals surface area contributed by atoms with Crippen molar-refractivity contribution in [2.45, 2.75) is 26.3 Å². The summed E-state index contributed by atoms with van der Waals surface area (Å²) in [7, 11) is -3.67. The Kier molecular flexibility index (Phi) is 7.71. The molecule has 0 unspecified atom stereocenters. The number of halogens is 1. The van der Waals surface area contributed by atoms with Crippen molar-refractivity contribution in [1.82, 2.24) is 5.32 Å². The summed E-state index contributed by atoms with van der Waals surface area (Å²) in [5, 5.41) is 3.24. The molecule has 0 aromatic heterocycles. The molecule has 28 heavy (non-hydrogen) atoms. The van der Waals surface area contributed by atoms with Gasteiger partial charge in [0.1, 0.15) is 18.4 Å². The maximum Gasteiger partial charge on any atom is 0.244 e. The normalized spacial score (nSPS) is 12.3. The largest absolute Gasteiger partial charge is 0.492 e. The van der Waals surface area contributed by atoms with Crippen LogP contribution in [0.3, 0.4) is 0 Å². The van der Waals surface area contributed by atoms with Gasteiger partial charge in [-0.05, 0) is 49.7 Å². The van der Waals surface area contributed by atoms with E-state index in [9.17, 15) is 13.2 Å². The first kappa shape index (κ1) is 22.0. The zero-order chi connectivity index (χ0) is 20.7. The molecule has 8 heteroatoms. The molecule has 0 saturated heterocycles. The predicted molar refractivity (Wildman–Crippen MR) is 113 cm³/mol. The lowest BCUT2D eigenvalue weighted by Crippen LogP contribution is -2.50. The lowest BCUT2D eigenvalue weighted by Gasteiger charge is -2.30. The second-order valence-corrected chi connectivity index (χ2v) is 8.71. The van der Waals surface area contributed by atoms with Gasteiger partial charge in [-0.2, -0.15) is 0 Å². The molecule has 1 amide bonds. The molecule has 2 aromatic carbocycles. The molecule has 0 spiro atoms. The van der Waals surface area contributed by atoms with Gasteiger partial charge in [0.25, 0.3) is 0 Å². The minimum absolute atomic E-state index is 0.265. The fourth-order valence-corrected chi connectivity index (χ4v) is 4.08. The van der Waals surface area contributed by atoms with Crippen LogP contribution in [0.25, 0.3) is 0 Å². The van der Waals surface area contributed by atoms with Crippen LogP contribution in [0.2, 0.25) is 5.02 Å². The minimum Gasteiger partial charge on any atom is -0.492 e. The summed E-state index contributed by atoms with van der Waals surface area (Å²) in [6.07, 6.45) is 1.40. The summed E-state index contributed by atoms with van der Waals surface area (Å²) in [5.74, 6) is 0.334. The van der Waals surface area contributed by atoms with Crippen LogP contribution in [-0.4, -0.2) is 39.8 Å². The third-order valence-electron chi connectivity index (χ3n) is 4.10. The Morgan fingerprint density at radius 3 is 2.29 bits per heavy atom. The van der Waals surface area contributed by atoms with Gasteiger partial charge < -0.3 is 10.1 Å². The molecule has 0 aliphatic rings. The number of nitrogens with one attached hydrogen (secondary N) is 1. The van der Waals surface area contributed by atoms with Gasteiger partial charge in [-0.25, -0.2) is 8.42 Å². The molecule has 0 aliphatic heterocycles. The number of anilines is 1. The van der Waals surface area contributed by atoms with E-state index in [1.165, 1.54) is 0 Å². The number of nitrogens with zero attached hydrogens (tertiary/aromatic N) is 1. The first-order valence-electron chi connectivity index (χ1n) is 8.94. The lowest BCUT2D eigenvalue weighted by atomic mass is 10.2. The van der Waals surface area contributed by atoms with E-state index in [0.29, 0.717) is 22.9 Å². The van der Waals surface area contributed by atoms with Crippen molar-refractivity contribution in [2.24, 2.45) is 0 Å². The summed E-state index contributed by atoms with van der Waals surface area (Å²) in [4.78, 5) is 12.7. The summed E-state index contributed by atoms with van der Waals surface area (Å²) in [6.45, 7) is 4.30. The summed E-state index contributed by atoms with van der Waals surface area (Å²) < 4.78 is 31.4. The number of benzene rings is 2. The van der Waals surface area contributed by atoms with Gasteiger partial charge in [-0.3, -0.25) is 9.10 Å². The van der Waals surface area contributed by atoms with Gasteiger partial charge in [0, 0.05) is 5.02 Å². The highest BCUT2D eigenvalue weighted by Crippen LogP contribution is 2.24. The van der Waals surface area contributed by atoms with Crippen LogP contribution in [0, 0.1) is 6.92 Å². The Morgan fingerprint density at radius 1 is 1.14 bits per heavy atom. The van der Waals surface area contributed by atoms with Crippen molar-refractivity contribution in [3.63, 3.8) is 0 Å². The monoisotopic (exact) mass is 424 g/mol. The molecule has 1 N–H and O–H groups in total. The molecular weight excluding hydrogens is 400 g/mol. The summed E-state index contributed by atoms with van der Waals surface area (Å²) in [6, 6.07) is 13.1. The highest BCUT2D eigenvalue weighted by atomic mass is 35.5. The second kappa shape index (κ2) is 9.80. The van der Waals surface area contributed by atoms with E-state index in [4.69, 9.17) is 16.3 Å². The zero-order valence-corrected chi connectivity index (χ0v) is 17.8. The number of aryl methyl sites for hydroxylation is 1. The fraction of sp³-hybridized carbons (Fsp3) is 0.350. The van der Waals surface area contributed by atoms with Crippen molar-refractivity contribution >= 4 is 33.2 Å². The maximum absolute atomic E-state index is 12.7. The number of hydrogen-bond acceptors (Lipinski definition) is 4. The smallest absolute Gasteiger partial charge is 0.244 e. The van der Waals surface area contributed by atoms with Gasteiger partial charge in [-0.15, -0.1) is 0 Å². The van der Waals surface area contributed by atoms with Gasteiger partial charge in [0.05, 0.1) is 18.5 Å². The van der Waals surface area contributed by atoms with Gasteiger partial charge in [0.15, 0.2) is 0 Å². The first-order chi connectivity index (χ1) is 13.2. The molecule has 2 aromatic rings. The van der Waals surface area contributed by atoms with Crippen LogP contribution in [-0.2, 0) is 14.8 Å². The van der Waals surface area contributed by atoms with Gasteiger partial charge in [0.2, 0.25) is 15.9 Å². The summed E-state index contributed by atoms with van der Waals surface area (Å²) in [5.41, 5.74) is 1.53. The molecule has 0 bridgehead atoms. The van der Waals surface area contributed by atoms with E-state index in [1.54, 1.807) is 31.2 Å².